The Kier molecular flexibility index (Phi) is 5.14. The van der Waals surface area contributed by atoms with Crippen LogP contribution in [0.4, 0.5) is 8.78 Å². The minimum absolute atomic E-state index is 0.0700. The van der Waals surface area contributed by atoms with Crippen molar-refractivity contribution in [3.63, 3.8) is 0 Å². The van der Waals surface area contributed by atoms with Gasteiger partial charge in [0.15, 0.2) is 0 Å². The molecule has 1 atom stereocenters. The highest BCUT2D eigenvalue weighted by Crippen LogP contribution is 2.35. The molecule has 0 radical (unpaired) electrons. The maximum Gasteiger partial charge on any atom is 0.126 e. The van der Waals surface area contributed by atoms with Gasteiger partial charge < -0.3 is 5.73 Å². The van der Waals surface area contributed by atoms with Crippen molar-refractivity contribution in [1.82, 2.24) is 0 Å². The first kappa shape index (κ1) is 15.4. The highest BCUT2D eigenvalue weighted by molar-refractivity contribution is 5.20. The van der Waals surface area contributed by atoms with Crippen LogP contribution in [0.2, 0.25) is 0 Å². The zero-order valence-electron chi connectivity index (χ0n) is 12.4. The van der Waals surface area contributed by atoms with Crippen LogP contribution in [0.25, 0.3) is 0 Å². The van der Waals surface area contributed by atoms with Crippen LogP contribution in [0.3, 0.4) is 0 Å². The third kappa shape index (κ3) is 3.78. The van der Waals surface area contributed by atoms with Gasteiger partial charge in [0.25, 0.3) is 0 Å². The normalized spacial score (nSPS) is 24.9. The largest absolute Gasteiger partial charge is 0.327 e. The minimum Gasteiger partial charge on any atom is -0.327 e. The molecule has 3 heteroatoms. The molecule has 20 heavy (non-hydrogen) atoms. The van der Waals surface area contributed by atoms with Gasteiger partial charge in [-0.25, -0.2) is 8.78 Å². The van der Waals surface area contributed by atoms with E-state index in [9.17, 15) is 8.78 Å². The quantitative estimate of drug-likeness (QED) is 0.875. The molecule has 1 fully saturated rings. The summed E-state index contributed by atoms with van der Waals surface area (Å²) in [4.78, 5) is 0. The number of hydrogen-bond acceptors (Lipinski definition) is 1. The molecule has 1 aliphatic carbocycles. The Morgan fingerprint density at radius 2 is 1.70 bits per heavy atom. The molecule has 2 N–H and O–H groups in total. The van der Waals surface area contributed by atoms with Crippen molar-refractivity contribution in [2.45, 2.75) is 52.0 Å². The van der Waals surface area contributed by atoms with Gasteiger partial charge in [-0.1, -0.05) is 13.8 Å². The summed E-state index contributed by atoms with van der Waals surface area (Å²) in [5.74, 6) is 1.22. The molecule has 0 amide bonds. The predicted octanol–water partition coefficient (Wildman–Crippen LogP) is 4.30. The van der Waals surface area contributed by atoms with Gasteiger partial charge in [-0.05, 0) is 73.6 Å². The van der Waals surface area contributed by atoms with Crippen LogP contribution in [0, 0.1) is 29.4 Å². The zero-order chi connectivity index (χ0) is 14.7. The molecule has 1 saturated carbocycles. The predicted molar refractivity (Wildman–Crippen MR) is 78.3 cm³/mol. The fourth-order valence-corrected chi connectivity index (χ4v) is 3.36. The van der Waals surface area contributed by atoms with E-state index in [0.29, 0.717) is 17.9 Å². The lowest BCUT2D eigenvalue weighted by Crippen LogP contribution is -2.35. The third-order valence-corrected chi connectivity index (χ3v) is 4.83. The number of rotatable bonds is 4. The zero-order valence-corrected chi connectivity index (χ0v) is 12.4. The fraction of sp³-hybridized carbons (Fsp3) is 0.647. The second-order valence-electron chi connectivity index (χ2n) is 6.52. The van der Waals surface area contributed by atoms with Gasteiger partial charge in [0.1, 0.15) is 11.6 Å². The van der Waals surface area contributed by atoms with Gasteiger partial charge in [0.05, 0.1) is 0 Å². The molecule has 0 aliphatic heterocycles. The van der Waals surface area contributed by atoms with E-state index < -0.39 is 5.82 Å². The monoisotopic (exact) mass is 281 g/mol. The lowest BCUT2D eigenvalue weighted by Gasteiger charge is -2.34. The summed E-state index contributed by atoms with van der Waals surface area (Å²) in [6.07, 6.45) is 5.08. The Bertz CT molecular complexity index is 437. The molecule has 0 spiro atoms. The average Bonchev–Trinajstić information content (AvgIpc) is 2.43. The molecule has 1 aliphatic rings. The molecular weight excluding hydrogens is 256 g/mol. The Morgan fingerprint density at radius 3 is 2.30 bits per heavy atom. The van der Waals surface area contributed by atoms with Crippen molar-refractivity contribution in [1.29, 1.82) is 0 Å². The molecule has 0 aromatic heterocycles. The van der Waals surface area contributed by atoms with E-state index in [1.807, 2.05) is 0 Å². The first-order valence-corrected chi connectivity index (χ1v) is 7.67. The molecule has 1 nitrogen and oxygen atoms in total. The van der Waals surface area contributed by atoms with Gasteiger partial charge in [-0.15, -0.1) is 0 Å². The maximum atomic E-state index is 13.6. The number of benzene rings is 1. The molecule has 1 aromatic carbocycles. The summed E-state index contributed by atoms with van der Waals surface area (Å²) in [5.41, 5.74) is 6.64. The number of halogens is 2. The van der Waals surface area contributed by atoms with Gasteiger partial charge in [0, 0.05) is 6.04 Å². The van der Waals surface area contributed by atoms with Gasteiger partial charge >= 0.3 is 0 Å². The van der Waals surface area contributed by atoms with E-state index in [2.05, 4.69) is 13.8 Å². The second-order valence-corrected chi connectivity index (χ2v) is 6.52. The third-order valence-electron chi connectivity index (χ3n) is 4.83. The SMILES string of the molecule is CC(C)C1CCC(C(N)Cc2cc(F)ccc2F)CC1. The number of hydrogen-bond donors (Lipinski definition) is 1. The molecule has 1 aromatic rings. The van der Waals surface area contributed by atoms with Crippen LogP contribution in [-0.2, 0) is 6.42 Å². The van der Waals surface area contributed by atoms with Crippen LogP contribution >= 0.6 is 0 Å². The Labute approximate surface area is 120 Å². The van der Waals surface area contributed by atoms with E-state index >= 15 is 0 Å². The fourth-order valence-electron chi connectivity index (χ4n) is 3.36. The summed E-state index contributed by atoms with van der Waals surface area (Å²) >= 11 is 0. The van der Waals surface area contributed by atoms with Gasteiger partial charge in [0.2, 0.25) is 0 Å². The Hall–Kier alpha value is -0.960. The van der Waals surface area contributed by atoms with E-state index in [1.54, 1.807) is 0 Å². The Balaban J connectivity index is 1.92. The lowest BCUT2D eigenvalue weighted by atomic mass is 9.74. The van der Waals surface area contributed by atoms with Crippen LogP contribution in [0.1, 0.15) is 45.1 Å². The second kappa shape index (κ2) is 6.66. The smallest absolute Gasteiger partial charge is 0.126 e. The van der Waals surface area contributed by atoms with Crippen LogP contribution in [0.15, 0.2) is 18.2 Å². The van der Waals surface area contributed by atoms with E-state index in [1.165, 1.54) is 25.0 Å². The molecule has 112 valence electrons. The molecular formula is C17H25F2N. The maximum absolute atomic E-state index is 13.6. The van der Waals surface area contributed by atoms with Crippen molar-refractivity contribution in [2.75, 3.05) is 0 Å². The van der Waals surface area contributed by atoms with Crippen LogP contribution in [0.5, 0.6) is 0 Å². The molecule has 0 saturated heterocycles. The van der Waals surface area contributed by atoms with Crippen LogP contribution < -0.4 is 5.73 Å². The standard InChI is InChI=1S/C17H25F2N/c1-11(2)12-3-5-13(6-4-12)17(20)10-14-9-15(18)7-8-16(14)19/h7-9,11-13,17H,3-6,10,20H2,1-2H3. The Morgan fingerprint density at radius 1 is 1.10 bits per heavy atom. The van der Waals surface area contributed by atoms with E-state index in [-0.39, 0.29) is 11.9 Å². The minimum atomic E-state index is -0.392. The first-order valence-electron chi connectivity index (χ1n) is 7.67. The molecule has 0 bridgehead atoms. The molecule has 1 unspecified atom stereocenters. The van der Waals surface area contributed by atoms with Crippen molar-refractivity contribution < 1.29 is 8.78 Å². The summed E-state index contributed by atoms with van der Waals surface area (Å²) in [7, 11) is 0. The van der Waals surface area contributed by atoms with Gasteiger partial charge in [-0.2, -0.15) is 0 Å². The van der Waals surface area contributed by atoms with Gasteiger partial charge in [-0.3, -0.25) is 0 Å². The highest BCUT2D eigenvalue weighted by Gasteiger charge is 2.27. The summed E-state index contributed by atoms with van der Waals surface area (Å²) in [6.45, 7) is 4.54. The molecule has 2 rings (SSSR count). The van der Waals surface area contributed by atoms with Crippen molar-refractivity contribution in [2.24, 2.45) is 23.5 Å². The van der Waals surface area contributed by atoms with E-state index in [0.717, 1.165) is 30.7 Å². The lowest BCUT2D eigenvalue weighted by molar-refractivity contribution is 0.202. The van der Waals surface area contributed by atoms with Crippen LogP contribution in [-0.4, -0.2) is 6.04 Å². The van der Waals surface area contributed by atoms with E-state index in [4.69, 9.17) is 5.73 Å². The average molecular weight is 281 g/mol. The summed E-state index contributed by atoms with van der Waals surface area (Å²) < 4.78 is 26.8. The number of nitrogens with two attached hydrogens (primary N) is 1. The highest BCUT2D eigenvalue weighted by atomic mass is 19.1. The van der Waals surface area contributed by atoms with Crippen molar-refractivity contribution in [3.8, 4) is 0 Å². The first-order chi connectivity index (χ1) is 9.47. The molecule has 0 heterocycles. The summed E-state index contributed by atoms with van der Waals surface area (Å²) in [5, 5.41) is 0. The van der Waals surface area contributed by atoms with Crippen molar-refractivity contribution >= 4 is 0 Å². The van der Waals surface area contributed by atoms with Crippen molar-refractivity contribution in [3.05, 3.63) is 35.4 Å². The topological polar surface area (TPSA) is 26.0 Å². The summed E-state index contributed by atoms with van der Waals surface area (Å²) in [6, 6.07) is 3.54.